The van der Waals surface area contributed by atoms with Gasteiger partial charge in [-0.05, 0) is 44.9 Å². The fourth-order valence-corrected chi connectivity index (χ4v) is 5.78. The average molecular weight is 528 g/mol. The van der Waals surface area contributed by atoms with E-state index in [1.807, 2.05) is 14.0 Å². The highest BCUT2D eigenvalue weighted by Gasteiger charge is 2.37. The standard InChI is InChI=1S/C25H33N7O4S/c1-14-5-8-20(26-12-14)30-22(34)21(33)27-16-7-6-15(25(36)31(2)3)11-18(16)28-23(35)24-29-17-9-10-32(4)13-19(17)37-24/h5,8,12,15-16,18H,6-7,9-11,13H2,1-4H3,(H,27,33)(H,28,35)(H,26,30,34)/t15-,16+,18-/m0/s1. The Kier molecular flexibility index (Phi) is 8.18. The summed E-state index contributed by atoms with van der Waals surface area (Å²) in [5.41, 5.74) is 1.88. The van der Waals surface area contributed by atoms with Crippen molar-refractivity contribution in [3.8, 4) is 0 Å². The Balaban J connectivity index is 1.45. The van der Waals surface area contributed by atoms with Crippen molar-refractivity contribution in [3.63, 3.8) is 0 Å². The highest BCUT2D eigenvalue weighted by atomic mass is 32.1. The lowest BCUT2D eigenvalue weighted by molar-refractivity contribution is -0.137. The molecule has 3 N–H and O–H groups in total. The number of hydrogen-bond donors (Lipinski definition) is 3. The number of carbonyl (C=O) groups is 4. The van der Waals surface area contributed by atoms with Crippen LogP contribution in [0, 0.1) is 12.8 Å². The Hall–Kier alpha value is -3.38. The molecular weight excluding hydrogens is 494 g/mol. The second-order valence-corrected chi connectivity index (χ2v) is 11.0. The van der Waals surface area contributed by atoms with Crippen molar-refractivity contribution < 1.29 is 19.2 Å². The zero-order valence-corrected chi connectivity index (χ0v) is 22.4. The van der Waals surface area contributed by atoms with Crippen LogP contribution in [-0.2, 0) is 27.3 Å². The average Bonchev–Trinajstić information content (AvgIpc) is 3.29. The molecule has 37 heavy (non-hydrogen) atoms. The molecular formula is C25H33N7O4S. The summed E-state index contributed by atoms with van der Waals surface area (Å²) in [6, 6.07) is 2.35. The second-order valence-electron chi connectivity index (χ2n) is 9.95. The van der Waals surface area contributed by atoms with Crippen molar-refractivity contribution in [3.05, 3.63) is 39.5 Å². The lowest BCUT2D eigenvalue weighted by atomic mass is 9.81. The molecule has 198 valence electrons. The number of amides is 4. The molecule has 2 aromatic rings. The van der Waals surface area contributed by atoms with E-state index in [0.29, 0.717) is 24.3 Å². The SMILES string of the molecule is Cc1ccc(NC(=O)C(=O)N[C@@H]2CC[C@H](C(=O)N(C)C)C[C@@H]2NC(=O)c2nc3c(s2)CN(C)CC3)nc1. The van der Waals surface area contributed by atoms with Gasteiger partial charge in [0.05, 0.1) is 11.7 Å². The molecule has 11 nitrogen and oxygen atoms in total. The van der Waals surface area contributed by atoms with E-state index in [0.717, 1.165) is 35.6 Å². The van der Waals surface area contributed by atoms with Gasteiger partial charge in [-0.25, -0.2) is 9.97 Å². The number of fused-ring (bicyclic) bond motifs is 1. The summed E-state index contributed by atoms with van der Waals surface area (Å²) in [6.45, 7) is 3.52. The highest BCUT2D eigenvalue weighted by molar-refractivity contribution is 7.13. The lowest BCUT2D eigenvalue weighted by Gasteiger charge is -2.37. The zero-order chi connectivity index (χ0) is 26.7. The molecule has 4 amide bonds. The predicted octanol–water partition coefficient (Wildman–Crippen LogP) is 0.945. The van der Waals surface area contributed by atoms with E-state index >= 15 is 0 Å². The number of pyridine rings is 1. The van der Waals surface area contributed by atoms with Gasteiger partial charge in [-0.1, -0.05) is 6.07 Å². The van der Waals surface area contributed by atoms with Gasteiger partial charge in [0.2, 0.25) is 5.91 Å². The van der Waals surface area contributed by atoms with Crippen molar-refractivity contribution in [2.24, 2.45) is 5.92 Å². The maximum atomic E-state index is 13.2. The Labute approximate surface area is 220 Å². The highest BCUT2D eigenvalue weighted by Crippen LogP contribution is 2.28. The molecule has 0 unspecified atom stereocenters. The van der Waals surface area contributed by atoms with Gasteiger partial charge in [-0.15, -0.1) is 11.3 Å². The van der Waals surface area contributed by atoms with Gasteiger partial charge < -0.3 is 25.8 Å². The maximum absolute atomic E-state index is 13.2. The number of aryl methyl sites for hydroxylation is 1. The van der Waals surface area contributed by atoms with Crippen molar-refractivity contribution in [2.45, 2.75) is 51.2 Å². The van der Waals surface area contributed by atoms with Crippen LogP contribution in [0.15, 0.2) is 18.3 Å². The number of thiazole rings is 1. The number of hydrogen-bond acceptors (Lipinski definition) is 8. The molecule has 3 atom stereocenters. The van der Waals surface area contributed by atoms with Crippen molar-refractivity contribution >= 4 is 40.8 Å². The summed E-state index contributed by atoms with van der Waals surface area (Å²) in [7, 11) is 5.43. The van der Waals surface area contributed by atoms with E-state index in [1.165, 1.54) is 16.2 Å². The van der Waals surface area contributed by atoms with E-state index in [1.54, 1.807) is 32.4 Å². The number of anilines is 1. The van der Waals surface area contributed by atoms with Crippen LogP contribution in [0.4, 0.5) is 5.82 Å². The van der Waals surface area contributed by atoms with E-state index in [-0.39, 0.29) is 23.6 Å². The third-order valence-electron chi connectivity index (χ3n) is 6.75. The van der Waals surface area contributed by atoms with Crippen LogP contribution in [0.25, 0.3) is 0 Å². The normalized spacial score (nSPS) is 21.5. The topological polar surface area (TPSA) is 137 Å². The molecule has 1 aliphatic heterocycles. The molecule has 3 heterocycles. The first kappa shape index (κ1) is 26.7. The minimum Gasteiger partial charge on any atom is -0.349 e. The Morgan fingerprint density at radius 2 is 1.86 bits per heavy atom. The molecule has 2 aliphatic rings. The first-order valence-electron chi connectivity index (χ1n) is 12.3. The quantitative estimate of drug-likeness (QED) is 0.493. The van der Waals surface area contributed by atoms with Gasteiger partial charge >= 0.3 is 11.8 Å². The summed E-state index contributed by atoms with van der Waals surface area (Å²) >= 11 is 1.37. The minimum atomic E-state index is -0.843. The predicted molar refractivity (Wildman–Crippen MR) is 139 cm³/mol. The zero-order valence-electron chi connectivity index (χ0n) is 21.5. The van der Waals surface area contributed by atoms with Crippen LogP contribution in [-0.4, -0.2) is 83.2 Å². The molecule has 2 aromatic heterocycles. The number of nitrogens with one attached hydrogen (secondary N) is 3. The molecule has 4 rings (SSSR count). The molecule has 1 saturated carbocycles. The van der Waals surface area contributed by atoms with Crippen molar-refractivity contribution in [1.82, 2.24) is 30.4 Å². The number of likely N-dealkylation sites (N-methyl/N-ethyl adjacent to an activating group) is 1. The molecule has 12 heteroatoms. The molecule has 1 aliphatic carbocycles. The smallest absolute Gasteiger partial charge is 0.314 e. The van der Waals surface area contributed by atoms with Gasteiger partial charge in [0.15, 0.2) is 5.01 Å². The van der Waals surface area contributed by atoms with E-state index in [9.17, 15) is 19.2 Å². The van der Waals surface area contributed by atoms with Gasteiger partial charge in [-0.3, -0.25) is 19.2 Å². The van der Waals surface area contributed by atoms with Crippen molar-refractivity contribution in [1.29, 1.82) is 0 Å². The number of rotatable bonds is 5. The largest absolute Gasteiger partial charge is 0.349 e. The first-order chi connectivity index (χ1) is 17.6. The molecule has 0 aromatic carbocycles. The van der Waals surface area contributed by atoms with Crippen molar-refractivity contribution in [2.75, 3.05) is 33.0 Å². The lowest BCUT2D eigenvalue weighted by Crippen LogP contribution is -2.57. The van der Waals surface area contributed by atoms with E-state index < -0.39 is 23.9 Å². The van der Waals surface area contributed by atoms with Crippen LogP contribution in [0.1, 0.15) is 45.2 Å². The minimum absolute atomic E-state index is 0.0278. The number of carbonyl (C=O) groups excluding carboxylic acids is 4. The molecule has 0 bridgehead atoms. The van der Waals surface area contributed by atoms with Gasteiger partial charge in [0.1, 0.15) is 5.82 Å². The Bertz CT molecular complexity index is 1180. The fraction of sp³-hybridized carbons (Fsp3) is 0.520. The third kappa shape index (κ3) is 6.50. The molecule has 1 fully saturated rings. The summed E-state index contributed by atoms with van der Waals surface area (Å²) in [4.78, 5) is 64.5. The number of nitrogens with zero attached hydrogens (tertiary/aromatic N) is 4. The van der Waals surface area contributed by atoms with Crippen LogP contribution in [0.2, 0.25) is 0 Å². The maximum Gasteiger partial charge on any atom is 0.314 e. The summed E-state index contributed by atoms with van der Waals surface area (Å²) in [6.07, 6.45) is 3.71. The van der Waals surface area contributed by atoms with E-state index in [4.69, 9.17) is 0 Å². The second kappa shape index (κ2) is 11.3. The summed E-state index contributed by atoms with van der Waals surface area (Å²) in [5, 5.41) is 8.61. The van der Waals surface area contributed by atoms with Crippen LogP contribution in [0.3, 0.4) is 0 Å². The number of aromatic nitrogens is 2. The summed E-state index contributed by atoms with van der Waals surface area (Å²) in [5.74, 6) is -2.05. The summed E-state index contributed by atoms with van der Waals surface area (Å²) < 4.78 is 0. The van der Waals surface area contributed by atoms with Gasteiger partial charge in [0, 0.05) is 56.6 Å². The first-order valence-corrected chi connectivity index (χ1v) is 13.2. The van der Waals surface area contributed by atoms with Crippen LogP contribution < -0.4 is 16.0 Å². The molecule has 0 spiro atoms. The van der Waals surface area contributed by atoms with Crippen LogP contribution in [0.5, 0.6) is 0 Å². The Morgan fingerprint density at radius 3 is 2.57 bits per heavy atom. The molecule has 0 saturated heterocycles. The van der Waals surface area contributed by atoms with Gasteiger partial charge in [0.25, 0.3) is 5.91 Å². The van der Waals surface area contributed by atoms with Crippen LogP contribution >= 0.6 is 11.3 Å². The van der Waals surface area contributed by atoms with Gasteiger partial charge in [-0.2, -0.15) is 0 Å². The monoisotopic (exact) mass is 527 g/mol. The van der Waals surface area contributed by atoms with E-state index in [2.05, 4.69) is 30.8 Å². The Morgan fingerprint density at radius 1 is 1.08 bits per heavy atom. The fourth-order valence-electron chi connectivity index (χ4n) is 4.69. The third-order valence-corrected chi connectivity index (χ3v) is 7.83. The molecule has 0 radical (unpaired) electrons.